The van der Waals surface area contributed by atoms with Gasteiger partial charge in [0.1, 0.15) is 0 Å². The quantitative estimate of drug-likeness (QED) is 0.565. The zero-order valence-electron chi connectivity index (χ0n) is 19.4. The standard InChI is InChI=1S/C27H27N3O4S/c31-25(19-6-8-21-22(15-19)34-16-33-21)29-27-28-24-20(7-9-23(24)35-27)26(32)30-12-10-18(11-13-30)14-17-4-2-1-3-5-17/h1-6,8,15,18,20H,7,9-14,16H2,(H,28,29,31)/t20-/m0/s1. The molecule has 1 N–H and O–H groups in total. The number of amides is 2. The number of carbonyl (C=O) groups excluding carboxylic acids is 2. The van der Waals surface area contributed by atoms with Crippen LogP contribution in [0.2, 0.25) is 0 Å². The number of ether oxygens (including phenoxy) is 2. The number of rotatable bonds is 5. The van der Waals surface area contributed by atoms with Crippen molar-refractivity contribution in [3.05, 3.63) is 70.2 Å². The smallest absolute Gasteiger partial charge is 0.257 e. The summed E-state index contributed by atoms with van der Waals surface area (Å²) in [6.45, 7) is 1.78. The van der Waals surface area contributed by atoms with E-state index in [-0.39, 0.29) is 24.5 Å². The zero-order chi connectivity index (χ0) is 23.8. The van der Waals surface area contributed by atoms with Crippen LogP contribution in [0.5, 0.6) is 11.5 Å². The summed E-state index contributed by atoms with van der Waals surface area (Å²) < 4.78 is 10.7. The lowest BCUT2D eigenvalue weighted by Gasteiger charge is -2.33. The Morgan fingerprint density at radius 3 is 2.66 bits per heavy atom. The first-order valence-electron chi connectivity index (χ1n) is 12.2. The molecular weight excluding hydrogens is 462 g/mol. The van der Waals surface area contributed by atoms with E-state index < -0.39 is 0 Å². The normalized spacial score (nSPS) is 19.0. The van der Waals surface area contributed by atoms with Crippen molar-refractivity contribution in [1.82, 2.24) is 9.88 Å². The van der Waals surface area contributed by atoms with Crippen LogP contribution in [0.25, 0.3) is 0 Å². The molecule has 180 valence electrons. The molecule has 2 aromatic carbocycles. The number of thiazole rings is 1. The minimum atomic E-state index is -0.251. The van der Waals surface area contributed by atoms with Crippen LogP contribution in [0.15, 0.2) is 48.5 Å². The molecule has 7 nitrogen and oxygen atoms in total. The van der Waals surface area contributed by atoms with E-state index in [4.69, 9.17) is 9.47 Å². The molecule has 35 heavy (non-hydrogen) atoms. The molecule has 1 aromatic heterocycles. The second-order valence-electron chi connectivity index (χ2n) is 9.40. The maximum absolute atomic E-state index is 13.4. The van der Waals surface area contributed by atoms with E-state index in [1.807, 2.05) is 11.0 Å². The van der Waals surface area contributed by atoms with Gasteiger partial charge < -0.3 is 14.4 Å². The molecule has 0 spiro atoms. The third-order valence-electron chi connectivity index (χ3n) is 7.16. The van der Waals surface area contributed by atoms with Crippen molar-refractivity contribution in [3.8, 4) is 11.5 Å². The molecule has 0 radical (unpaired) electrons. The van der Waals surface area contributed by atoms with Gasteiger partial charge in [0.15, 0.2) is 16.6 Å². The number of nitrogens with zero attached hydrogens (tertiary/aromatic N) is 2. The summed E-state index contributed by atoms with van der Waals surface area (Å²) in [6, 6.07) is 15.7. The van der Waals surface area contributed by atoms with E-state index in [0.717, 1.165) is 55.8 Å². The van der Waals surface area contributed by atoms with Gasteiger partial charge in [-0.25, -0.2) is 4.98 Å². The fourth-order valence-corrected chi connectivity index (χ4v) is 6.29. The fraction of sp³-hybridized carbons (Fsp3) is 0.370. The third kappa shape index (κ3) is 4.50. The Balaban J connectivity index is 1.07. The minimum Gasteiger partial charge on any atom is -0.454 e. The molecule has 3 heterocycles. The summed E-state index contributed by atoms with van der Waals surface area (Å²) in [7, 11) is 0. The van der Waals surface area contributed by atoms with Crippen LogP contribution in [0.1, 0.15) is 51.7 Å². The summed E-state index contributed by atoms with van der Waals surface area (Å²) in [6.07, 6.45) is 4.78. The Labute approximate surface area is 208 Å². The highest BCUT2D eigenvalue weighted by atomic mass is 32.1. The lowest BCUT2D eigenvalue weighted by Crippen LogP contribution is -2.41. The maximum Gasteiger partial charge on any atom is 0.257 e. The average Bonchev–Trinajstić information content (AvgIpc) is 3.60. The van der Waals surface area contributed by atoms with Crippen molar-refractivity contribution < 1.29 is 19.1 Å². The van der Waals surface area contributed by atoms with E-state index in [0.29, 0.717) is 28.1 Å². The molecule has 1 aliphatic carbocycles. The van der Waals surface area contributed by atoms with Crippen LogP contribution >= 0.6 is 11.3 Å². The number of nitrogens with one attached hydrogen (secondary N) is 1. The van der Waals surface area contributed by atoms with E-state index in [1.54, 1.807) is 18.2 Å². The first kappa shape index (κ1) is 22.1. The molecule has 3 aliphatic rings. The molecule has 1 atom stereocenters. The zero-order valence-corrected chi connectivity index (χ0v) is 20.2. The molecule has 0 unspecified atom stereocenters. The van der Waals surface area contributed by atoms with Gasteiger partial charge in [0.2, 0.25) is 12.7 Å². The monoisotopic (exact) mass is 489 g/mol. The lowest BCUT2D eigenvalue weighted by molar-refractivity contribution is -0.134. The molecule has 2 amide bonds. The predicted octanol–water partition coefficient (Wildman–Crippen LogP) is 4.64. The van der Waals surface area contributed by atoms with Crippen molar-refractivity contribution in [2.75, 3.05) is 25.2 Å². The van der Waals surface area contributed by atoms with E-state index in [2.05, 4.69) is 34.6 Å². The molecule has 0 bridgehead atoms. The van der Waals surface area contributed by atoms with Crippen molar-refractivity contribution in [2.24, 2.45) is 5.92 Å². The summed E-state index contributed by atoms with van der Waals surface area (Å²) in [5.74, 6) is 1.55. The Morgan fingerprint density at radius 1 is 1.03 bits per heavy atom. The van der Waals surface area contributed by atoms with Crippen molar-refractivity contribution in [1.29, 1.82) is 0 Å². The fourth-order valence-electron chi connectivity index (χ4n) is 5.25. The number of piperidine rings is 1. The molecule has 6 rings (SSSR count). The van der Waals surface area contributed by atoms with Crippen molar-refractivity contribution in [3.63, 3.8) is 0 Å². The SMILES string of the molecule is O=C(Nc1nc2c(s1)CC[C@@H]2C(=O)N1CCC(Cc2ccccc2)CC1)c1ccc2c(c1)OCO2. The molecule has 8 heteroatoms. The highest BCUT2D eigenvalue weighted by molar-refractivity contribution is 7.16. The van der Waals surface area contributed by atoms with Crippen LogP contribution in [0, 0.1) is 5.92 Å². The highest BCUT2D eigenvalue weighted by Crippen LogP contribution is 2.40. The van der Waals surface area contributed by atoms with Gasteiger partial charge >= 0.3 is 0 Å². The number of benzene rings is 2. The Kier molecular flexibility index (Phi) is 5.90. The average molecular weight is 490 g/mol. The Hall–Kier alpha value is -3.39. The van der Waals surface area contributed by atoms with E-state index in [1.165, 1.54) is 16.9 Å². The first-order valence-corrected chi connectivity index (χ1v) is 13.0. The van der Waals surface area contributed by atoms with Gasteiger partial charge in [-0.05, 0) is 61.8 Å². The van der Waals surface area contributed by atoms with E-state index in [9.17, 15) is 9.59 Å². The number of hydrogen-bond donors (Lipinski definition) is 1. The van der Waals surface area contributed by atoms with Crippen LogP contribution in [-0.4, -0.2) is 41.6 Å². The largest absolute Gasteiger partial charge is 0.454 e. The minimum absolute atomic E-state index is 0.166. The number of fused-ring (bicyclic) bond motifs is 2. The number of anilines is 1. The lowest BCUT2D eigenvalue weighted by atomic mass is 9.89. The molecule has 3 aromatic rings. The summed E-state index contributed by atoms with van der Waals surface area (Å²) in [4.78, 5) is 33.9. The van der Waals surface area contributed by atoms with Crippen molar-refractivity contribution in [2.45, 2.75) is 38.0 Å². The molecular formula is C27H27N3O4S. The molecule has 2 aliphatic heterocycles. The van der Waals surface area contributed by atoms with Crippen LogP contribution in [0.4, 0.5) is 5.13 Å². The van der Waals surface area contributed by atoms with Gasteiger partial charge in [0.25, 0.3) is 5.91 Å². The van der Waals surface area contributed by atoms with Gasteiger partial charge in [-0.2, -0.15) is 0 Å². The number of aryl methyl sites for hydroxylation is 1. The van der Waals surface area contributed by atoms with Crippen LogP contribution in [0.3, 0.4) is 0 Å². The molecule has 0 saturated carbocycles. The number of aromatic nitrogens is 1. The predicted molar refractivity (Wildman–Crippen MR) is 133 cm³/mol. The second kappa shape index (κ2) is 9.34. The highest BCUT2D eigenvalue weighted by Gasteiger charge is 2.36. The number of likely N-dealkylation sites (tertiary alicyclic amines) is 1. The summed E-state index contributed by atoms with van der Waals surface area (Å²) >= 11 is 1.47. The molecule has 1 fully saturated rings. The van der Waals surface area contributed by atoms with Crippen LogP contribution in [-0.2, 0) is 17.6 Å². The number of carbonyl (C=O) groups is 2. The van der Waals surface area contributed by atoms with Gasteiger partial charge in [-0.1, -0.05) is 30.3 Å². The Bertz CT molecular complexity index is 1250. The van der Waals surface area contributed by atoms with Gasteiger partial charge in [-0.3, -0.25) is 14.9 Å². The summed E-state index contributed by atoms with van der Waals surface area (Å²) in [5, 5.41) is 3.43. The van der Waals surface area contributed by atoms with Crippen molar-refractivity contribution >= 4 is 28.3 Å². The van der Waals surface area contributed by atoms with Gasteiger partial charge in [0, 0.05) is 23.5 Å². The third-order valence-corrected chi connectivity index (χ3v) is 8.21. The summed E-state index contributed by atoms with van der Waals surface area (Å²) in [5.41, 5.74) is 2.69. The Morgan fingerprint density at radius 2 is 1.83 bits per heavy atom. The van der Waals surface area contributed by atoms with Gasteiger partial charge in [0.05, 0.1) is 11.6 Å². The van der Waals surface area contributed by atoms with Crippen LogP contribution < -0.4 is 14.8 Å². The first-order chi connectivity index (χ1) is 17.1. The maximum atomic E-state index is 13.4. The number of hydrogen-bond acceptors (Lipinski definition) is 6. The second-order valence-corrected chi connectivity index (χ2v) is 10.5. The molecule has 1 saturated heterocycles. The topological polar surface area (TPSA) is 80.8 Å². The van der Waals surface area contributed by atoms with Gasteiger partial charge in [-0.15, -0.1) is 11.3 Å². The van der Waals surface area contributed by atoms with E-state index >= 15 is 0 Å².